The third kappa shape index (κ3) is 5.52. The smallest absolute Gasteiger partial charge is 0.236 e. The van der Waals surface area contributed by atoms with Crippen molar-refractivity contribution in [3.8, 4) is 22.8 Å². The number of nitrogens with zero attached hydrogens (tertiary/aromatic N) is 1. The summed E-state index contributed by atoms with van der Waals surface area (Å²) in [5, 5.41) is 13.7. The summed E-state index contributed by atoms with van der Waals surface area (Å²) in [6.07, 6.45) is 1.46. The van der Waals surface area contributed by atoms with Crippen LogP contribution in [0.25, 0.3) is 22.2 Å². The topological polar surface area (TPSA) is 86.8 Å². The number of carbonyl (C=O) groups is 1. The van der Waals surface area contributed by atoms with Gasteiger partial charge in [0, 0.05) is 36.1 Å². The molecular weight excluding hydrogens is 454 g/mol. The highest BCUT2D eigenvalue weighted by atomic mass is 16.5. The van der Waals surface area contributed by atoms with Crippen LogP contribution in [0.2, 0.25) is 0 Å². The van der Waals surface area contributed by atoms with E-state index in [1.54, 1.807) is 21.1 Å². The normalized spacial score (nSPS) is 15.5. The molecule has 3 N–H and O–H groups in total. The lowest BCUT2D eigenvalue weighted by atomic mass is 9.87. The third-order valence-electron chi connectivity index (χ3n) is 7.15. The van der Waals surface area contributed by atoms with Gasteiger partial charge in [0.25, 0.3) is 0 Å². The summed E-state index contributed by atoms with van der Waals surface area (Å²) < 4.78 is 11.0. The van der Waals surface area contributed by atoms with Gasteiger partial charge in [-0.05, 0) is 73.1 Å². The summed E-state index contributed by atoms with van der Waals surface area (Å²) in [6.45, 7) is 8.41. The highest BCUT2D eigenvalue weighted by Gasteiger charge is 2.25. The number of hydrogen-bond donors (Lipinski definition) is 3. The van der Waals surface area contributed by atoms with Crippen LogP contribution in [-0.2, 0) is 4.79 Å². The molecular formula is C29H39N3O4. The number of nitrogens with one attached hydrogen (secondary N) is 2. The predicted octanol–water partition coefficient (Wildman–Crippen LogP) is 4.65. The lowest BCUT2D eigenvalue weighted by Crippen LogP contribution is -2.43. The number of H-pyrrole nitrogens is 1. The zero-order chi connectivity index (χ0) is 25.8. The van der Waals surface area contributed by atoms with E-state index in [0.29, 0.717) is 29.9 Å². The Morgan fingerprint density at radius 3 is 2.44 bits per heavy atom. The minimum absolute atomic E-state index is 0.108. The van der Waals surface area contributed by atoms with Crippen molar-refractivity contribution in [2.24, 2.45) is 0 Å². The first kappa shape index (κ1) is 26.0. The molecule has 4 rings (SSSR count). The van der Waals surface area contributed by atoms with E-state index in [9.17, 15) is 9.90 Å². The number of piperidine rings is 1. The Morgan fingerprint density at radius 1 is 1.08 bits per heavy atom. The fourth-order valence-corrected chi connectivity index (χ4v) is 5.27. The van der Waals surface area contributed by atoms with Gasteiger partial charge in [0.05, 0.1) is 32.6 Å². The molecule has 1 amide bonds. The van der Waals surface area contributed by atoms with Crippen molar-refractivity contribution in [2.45, 2.75) is 51.6 Å². The van der Waals surface area contributed by atoms with E-state index in [-0.39, 0.29) is 12.5 Å². The number of methoxy groups -OCH3 is 2. The van der Waals surface area contributed by atoms with Crippen molar-refractivity contribution in [1.29, 1.82) is 0 Å². The monoisotopic (exact) mass is 493 g/mol. The van der Waals surface area contributed by atoms with Gasteiger partial charge in [0.15, 0.2) is 11.5 Å². The van der Waals surface area contributed by atoms with Crippen LogP contribution < -0.4 is 14.8 Å². The quantitative estimate of drug-likeness (QED) is 0.404. The first-order valence-corrected chi connectivity index (χ1v) is 12.9. The molecule has 0 aliphatic carbocycles. The zero-order valence-corrected chi connectivity index (χ0v) is 22.1. The molecule has 7 heteroatoms. The number of benzene rings is 2. The number of amides is 1. The molecule has 36 heavy (non-hydrogen) atoms. The van der Waals surface area contributed by atoms with Gasteiger partial charge >= 0.3 is 0 Å². The van der Waals surface area contributed by atoms with Crippen molar-refractivity contribution in [3.05, 3.63) is 47.5 Å². The average molecular weight is 494 g/mol. The van der Waals surface area contributed by atoms with E-state index >= 15 is 0 Å². The van der Waals surface area contributed by atoms with Crippen LogP contribution in [0, 0.1) is 0 Å². The van der Waals surface area contributed by atoms with Gasteiger partial charge in [-0.3, -0.25) is 4.79 Å². The Labute approximate surface area is 213 Å². The number of likely N-dealkylation sites (tertiary alicyclic amines) is 1. The molecule has 2 heterocycles. The number of hydrogen-bond acceptors (Lipinski definition) is 5. The summed E-state index contributed by atoms with van der Waals surface area (Å²) in [5.41, 5.74) is 5.95. The Morgan fingerprint density at radius 2 is 1.81 bits per heavy atom. The van der Waals surface area contributed by atoms with E-state index in [1.807, 2.05) is 17.0 Å². The minimum Gasteiger partial charge on any atom is -0.493 e. The second kappa shape index (κ2) is 11.4. The third-order valence-corrected chi connectivity index (χ3v) is 7.15. The second-order valence-corrected chi connectivity index (χ2v) is 10.1. The molecule has 1 aliphatic heterocycles. The molecule has 0 spiro atoms. The first-order valence-electron chi connectivity index (χ1n) is 12.9. The number of aliphatic hydroxyl groups is 1. The molecule has 1 aliphatic rings. The number of aliphatic hydroxyl groups excluding tert-OH is 1. The summed E-state index contributed by atoms with van der Waals surface area (Å²) in [6, 6.07) is 12.8. The summed E-state index contributed by atoms with van der Waals surface area (Å²) >= 11 is 0. The van der Waals surface area contributed by atoms with E-state index in [0.717, 1.165) is 42.7 Å². The summed E-state index contributed by atoms with van der Waals surface area (Å²) in [5.74, 6) is 2.31. The van der Waals surface area contributed by atoms with Gasteiger partial charge in [-0.25, -0.2) is 0 Å². The van der Waals surface area contributed by atoms with Crippen LogP contribution in [0.3, 0.4) is 0 Å². The number of rotatable bonds is 9. The van der Waals surface area contributed by atoms with Crippen molar-refractivity contribution in [2.75, 3.05) is 40.4 Å². The van der Waals surface area contributed by atoms with Crippen molar-refractivity contribution in [3.63, 3.8) is 0 Å². The van der Waals surface area contributed by atoms with Crippen LogP contribution in [-0.4, -0.2) is 67.4 Å². The SMILES string of the molecule is COc1ccc(-c2[nH]c3ccc(C4CCN(C(=O)CNCC(C)O)CC4)cc3c2C(C)C)cc1OC. The van der Waals surface area contributed by atoms with Crippen LogP contribution in [0.15, 0.2) is 36.4 Å². The van der Waals surface area contributed by atoms with Crippen molar-refractivity contribution in [1.82, 2.24) is 15.2 Å². The maximum absolute atomic E-state index is 12.5. The maximum atomic E-state index is 12.5. The first-order chi connectivity index (χ1) is 17.3. The average Bonchev–Trinajstić information content (AvgIpc) is 3.27. The van der Waals surface area contributed by atoms with E-state index in [1.165, 1.54) is 16.5 Å². The van der Waals surface area contributed by atoms with Crippen LogP contribution in [0.5, 0.6) is 11.5 Å². The predicted molar refractivity (Wildman–Crippen MR) is 144 cm³/mol. The van der Waals surface area contributed by atoms with Crippen LogP contribution in [0.1, 0.15) is 56.6 Å². The molecule has 194 valence electrons. The lowest BCUT2D eigenvalue weighted by Gasteiger charge is -2.32. The molecule has 3 aromatic rings. The van der Waals surface area contributed by atoms with Crippen LogP contribution >= 0.6 is 0 Å². The van der Waals surface area contributed by atoms with Gasteiger partial charge in [-0.2, -0.15) is 0 Å². The van der Waals surface area contributed by atoms with E-state index in [2.05, 4.69) is 48.4 Å². The summed E-state index contributed by atoms with van der Waals surface area (Å²) in [4.78, 5) is 18.1. The highest BCUT2D eigenvalue weighted by molar-refractivity contribution is 5.92. The lowest BCUT2D eigenvalue weighted by molar-refractivity contribution is -0.131. The standard InChI is InChI=1S/C29H39N3O4/c1-18(2)28-23-14-21(20-10-12-32(13-11-20)27(34)17-30-16-19(3)33)6-8-24(23)31-29(28)22-7-9-25(35-4)26(15-22)36-5/h6-9,14-15,18-20,30-31,33H,10-13,16-17H2,1-5H3. The molecule has 0 radical (unpaired) electrons. The van der Waals surface area contributed by atoms with Crippen LogP contribution in [0.4, 0.5) is 0 Å². The van der Waals surface area contributed by atoms with Gasteiger partial charge in [-0.15, -0.1) is 0 Å². The van der Waals surface area contributed by atoms with Gasteiger partial charge < -0.3 is 29.8 Å². The number of carbonyl (C=O) groups excluding carboxylic acids is 1. The fourth-order valence-electron chi connectivity index (χ4n) is 5.27. The number of fused-ring (bicyclic) bond motifs is 1. The molecule has 0 saturated carbocycles. The van der Waals surface area contributed by atoms with Crippen molar-refractivity contribution >= 4 is 16.8 Å². The van der Waals surface area contributed by atoms with Gasteiger partial charge in [0.1, 0.15) is 0 Å². The highest BCUT2D eigenvalue weighted by Crippen LogP contribution is 2.40. The minimum atomic E-state index is -0.449. The van der Waals surface area contributed by atoms with Gasteiger partial charge in [-0.1, -0.05) is 19.9 Å². The molecule has 2 aromatic carbocycles. The Kier molecular flexibility index (Phi) is 8.21. The molecule has 1 fully saturated rings. The van der Waals surface area contributed by atoms with E-state index < -0.39 is 6.10 Å². The molecule has 1 atom stereocenters. The zero-order valence-electron chi connectivity index (χ0n) is 22.1. The largest absolute Gasteiger partial charge is 0.493 e. The second-order valence-electron chi connectivity index (χ2n) is 10.1. The van der Waals surface area contributed by atoms with E-state index in [4.69, 9.17) is 9.47 Å². The molecule has 1 saturated heterocycles. The number of aromatic amines is 1. The Hall–Kier alpha value is -3.03. The molecule has 7 nitrogen and oxygen atoms in total. The maximum Gasteiger partial charge on any atom is 0.236 e. The van der Waals surface area contributed by atoms with Gasteiger partial charge in [0.2, 0.25) is 5.91 Å². The van der Waals surface area contributed by atoms with Crippen molar-refractivity contribution < 1.29 is 19.4 Å². The number of ether oxygens (including phenoxy) is 2. The fraction of sp³-hybridized carbons (Fsp3) is 0.483. The molecule has 1 unspecified atom stereocenters. The summed E-state index contributed by atoms with van der Waals surface area (Å²) in [7, 11) is 3.31. The Bertz CT molecular complexity index is 1190. The number of aromatic nitrogens is 1. The molecule has 0 bridgehead atoms. The Balaban J connectivity index is 1.55. The molecule has 1 aromatic heterocycles.